The van der Waals surface area contributed by atoms with Crippen LogP contribution in [-0.4, -0.2) is 64.1 Å². The van der Waals surface area contributed by atoms with E-state index < -0.39 is 18.2 Å². The number of halogens is 3. The molecular formula is C19H26Cl3N7O3. The third-order valence-electron chi connectivity index (χ3n) is 5.38. The number of hydrogen-bond acceptors (Lipinski definition) is 7. The van der Waals surface area contributed by atoms with Crippen LogP contribution in [0.4, 0.5) is 0 Å². The first-order valence-electron chi connectivity index (χ1n) is 9.40. The largest absolute Gasteiger partial charge is 0.390 e. The summed E-state index contributed by atoms with van der Waals surface area (Å²) in [5, 5.41) is 36.0. The number of pyridine rings is 1. The molecule has 32 heavy (non-hydrogen) atoms. The monoisotopic (exact) mass is 505 g/mol. The second-order valence-corrected chi connectivity index (χ2v) is 7.42. The van der Waals surface area contributed by atoms with Crippen molar-refractivity contribution in [1.82, 2.24) is 35.1 Å². The second kappa shape index (κ2) is 11.6. The first kappa shape index (κ1) is 27.8. The molecule has 176 valence electrons. The molecule has 3 aromatic heterocycles. The smallest absolute Gasteiger partial charge is 0.272 e. The van der Waals surface area contributed by atoms with Gasteiger partial charge < -0.3 is 15.5 Å². The number of aliphatic hydroxyl groups is 2. The Morgan fingerprint density at radius 1 is 1.25 bits per heavy atom. The van der Waals surface area contributed by atoms with Gasteiger partial charge in [0.15, 0.2) is 0 Å². The number of aryl methyl sites for hydroxylation is 2. The van der Waals surface area contributed by atoms with Gasteiger partial charge in [0.2, 0.25) is 0 Å². The highest BCUT2D eigenvalue weighted by molar-refractivity contribution is 5.92. The molecule has 0 unspecified atom stereocenters. The normalized spacial score (nSPS) is 21.8. The van der Waals surface area contributed by atoms with Gasteiger partial charge in [-0.1, -0.05) is 5.21 Å². The Hall–Kier alpha value is -2.24. The fourth-order valence-corrected chi connectivity index (χ4v) is 3.64. The fraction of sp³-hybridized carbons (Fsp3) is 0.421. The molecule has 1 aliphatic rings. The molecule has 0 aromatic carbocycles. The Morgan fingerprint density at radius 3 is 2.62 bits per heavy atom. The average molecular weight is 507 g/mol. The Labute approximate surface area is 203 Å². The number of aliphatic hydroxyl groups excluding tert-OH is 2. The topological polar surface area (TPSA) is 131 Å². The molecule has 0 spiro atoms. The number of rotatable bonds is 5. The van der Waals surface area contributed by atoms with Gasteiger partial charge in [0.05, 0.1) is 18.3 Å². The van der Waals surface area contributed by atoms with E-state index in [1.807, 2.05) is 19.1 Å². The van der Waals surface area contributed by atoms with Crippen molar-refractivity contribution in [2.75, 3.05) is 0 Å². The summed E-state index contributed by atoms with van der Waals surface area (Å²) in [6, 6.07) is 4.83. The number of aromatic nitrogens is 6. The molecule has 4 atom stereocenters. The molecule has 0 saturated heterocycles. The highest BCUT2D eigenvalue weighted by atomic mass is 35.5. The van der Waals surface area contributed by atoms with Crippen molar-refractivity contribution < 1.29 is 15.0 Å². The first-order valence-corrected chi connectivity index (χ1v) is 9.40. The van der Waals surface area contributed by atoms with E-state index in [2.05, 4.69) is 25.7 Å². The van der Waals surface area contributed by atoms with Gasteiger partial charge in [-0.2, -0.15) is 5.10 Å². The summed E-state index contributed by atoms with van der Waals surface area (Å²) in [5.74, 6) is -0.644. The molecular weight excluding hydrogens is 481 g/mol. The number of nitrogens with zero attached hydrogens (tertiary/aromatic N) is 6. The zero-order chi connectivity index (χ0) is 20.5. The van der Waals surface area contributed by atoms with Crippen LogP contribution in [0.1, 0.15) is 22.6 Å². The predicted molar refractivity (Wildman–Crippen MR) is 124 cm³/mol. The summed E-state index contributed by atoms with van der Waals surface area (Å²) in [6.07, 6.45) is 3.55. The van der Waals surface area contributed by atoms with Crippen LogP contribution in [0.5, 0.6) is 0 Å². The van der Waals surface area contributed by atoms with Gasteiger partial charge in [-0.25, -0.2) is 0 Å². The van der Waals surface area contributed by atoms with Gasteiger partial charge in [0.1, 0.15) is 17.5 Å². The SMILES string of the molecule is Cc1cc(C(=O)N[C@@H]2C[C@H](Cn3cc(-c4cccnc4)nn3)[C@@H](O)[C@H]2O)nn1C.Cl.Cl.Cl. The van der Waals surface area contributed by atoms with Crippen LogP contribution in [0.25, 0.3) is 11.3 Å². The van der Waals surface area contributed by atoms with E-state index in [4.69, 9.17) is 0 Å². The molecule has 3 heterocycles. The van der Waals surface area contributed by atoms with Crippen molar-refractivity contribution in [3.63, 3.8) is 0 Å². The maximum Gasteiger partial charge on any atom is 0.272 e. The lowest BCUT2D eigenvalue weighted by atomic mass is 10.1. The quantitative estimate of drug-likeness (QED) is 0.474. The zero-order valence-electron chi connectivity index (χ0n) is 17.4. The van der Waals surface area contributed by atoms with Crippen LogP contribution < -0.4 is 5.32 Å². The van der Waals surface area contributed by atoms with Crippen LogP contribution in [0.15, 0.2) is 36.8 Å². The van der Waals surface area contributed by atoms with E-state index in [1.54, 1.807) is 41.1 Å². The first-order chi connectivity index (χ1) is 13.9. The Morgan fingerprint density at radius 2 is 2.00 bits per heavy atom. The second-order valence-electron chi connectivity index (χ2n) is 7.42. The van der Waals surface area contributed by atoms with E-state index in [9.17, 15) is 15.0 Å². The summed E-state index contributed by atoms with van der Waals surface area (Å²) < 4.78 is 3.25. The highest BCUT2D eigenvalue weighted by Crippen LogP contribution is 2.29. The van der Waals surface area contributed by atoms with Crippen LogP contribution in [0, 0.1) is 12.8 Å². The third kappa shape index (κ3) is 5.76. The van der Waals surface area contributed by atoms with Gasteiger partial charge in [-0.15, -0.1) is 42.3 Å². The van der Waals surface area contributed by atoms with Crippen molar-refractivity contribution in [3.8, 4) is 11.3 Å². The maximum absolute atomic E-state index is 12.4. The molecule has 13 heteroatoms. The summed E-state index contributed by atoms with van der Waals surface area (Å²) in [6.45, 7) is 2.23. The van der Waals surface area contributed by atoms with Crippen LogP contribution in [0.3, 0.4) is 0 Å². The molecule has 1 saturated carbocycles. The molecule has 1 aliphatic carbocycles. The van der Waals surface area contributed by atoms with E-state index in [0.717, 1.165) is 11.3 Å². The minimum Gasteiger partial charge on any atom is -0.390 e. The van der Waals surface area contributed by atoms with Gasteiger partial charge in [-0.05, 0) is 31.5 Å². The summed E-state index contributed by atoms with van der Waals surface area (Å²) >= 11 is 0. The van der Waals surface area contributed by atoms with Crippen LogP contribution in [-0.2, 0) is 13.6 Å². The molecule has 10 nitrogen and oxygen atoms in total. The van der Waals surface area contributed by atoms with Crippen molar-refractivity contribution in [2.45, 2.75) is 38.1 Å². The van der Waals surface area contributed by atoms with Crippen molar-refractivity contribution in [2.24, 2.45) is 13.0 Å². The van der Waals surface area contributed by atoms with Gasteiger partial charge >= 0.3 is 0 Å². The third-order valence-corrected chi connectivity index (χ3v) is 5.38. The molecule has 0 radical (unpaired) electrons. The Bertz CT molecular complexity index is 995. The molecule has 4 rings (SSSR count). The minimum absolute atomic E-state index is 0. The lowest BCUT2D eigenvalue weighted by Gasteiger charge is -2.17. The molecule has 0 bridgehead atoms. The number of amides is 1. The van der Waals surface area contributed by atoms with E-state index in [0.29, 0.717) is 18.7 Å². The van der Waals surface area contributed by atoms with E-state index >= 15 is 0 Å². The van der Waals surface area contributed by atoms with Crippen molar-refractivity contribution in [1.29, 1.82) is 0 Å². The maximum atomic E-state index is 12.4. The van der Waals surface area contributed by atoms with E-state index in [-0.39, 0.29) is 54.7 Å². The summed E-state index contributed by atoms with van der Waals surface area (Å²) in [4.78, 5) is 16.5. The molecule has 1 amide bonds. The number of hydrogen-bond donors (Lipinski definition) is 3. The molecule has 1 fully saturated rings. The van der Waals surface area contributed by atoms with Crippen molar-refractivity contribution in [3.05, 3.63) is 48.2 Å². The van der Waals surface area contributed by atoms with Gasteiger partial charge in [-0.3, -0.25) is 19.1 Å². The Kier molecular flexibility index (Phi) is 10.1. The summed E-state index contributed by atoms with van der Waals surface area (Å²) in [7, 11) is 1.76. The lowest BCUT2D eigenvalue weighted by molar-refractivity contribution is 0.00759. The average Bonchev–Trinajstić information content (AvgIpc) is 3.39. The summed E-state index contributed by atoms with van der Waals surface area (Å²) in [5.41, 5.74) is 2.67. The lowest BCUT2D eigenvalue weighted by Crippen LogP contribution is -2.43. The minimum atomic E-state index is -1.06. The number of carbonyl (C=O) groups excluding carboxylic acids is 1. The Balaban J connectivity index is 0.00000171. The van der Waals surface area contributed by atoms with Gasteiger partial charge in [0, 0.05) is 43.2 Å². The number of carbonyl (C=O) groups is 1. The standard InChI is InChI=1S/C19H23N7O3.3ClH/c1-11-6-15(23-25(11)2)19(29)21-14-7-13(17(27)18(14)28)9-26-10-16(22-24-26)12-4-3-5-20-8-12;;;/h3-6,8,10,13-14,17-18,27-28H,7,9H2,1-2H3,(H,21,29);3*1H/t13-,14-,17-,18+;;;/m1.../s1. The van der Waals surface area contributed by atoms with Crippen LogP contribution in [0.2, 0.25) is 0 Å². The van der Waals surface area contributed by atoms with Crippen LogP contribution >= 0.6 is 37.2 Å². The predicted octanol–water partition coefficient (Wildman–Crippen LogP) is 1.19. The van der Waals surface area contributed by atoms with E-state index in [1.165, 1.54) is 0 Å². The molecule has 3 N–H and O–H groups in total. The highest BCUT2D eigenvalue weighted by Gasteiger charge is 2.42. The molecule has 3 aromatic rings. The fourth-order valence-electron chi connectivity index (χ4n) is 3.64. The molecule has 0 aliphatic heterocycles. The zero-order valence-corrected chi connectivity index (χ0v) is 19.8. The number of nitrogens with one attached hydrogen (secondary N) is 1. The van der Waals surface area contributed by atoms with Crippen molar-refractivity contribution >= 4 is 43.1 Å². The van der Waals surface area contributed by atoms with Gasteiger partial charge in [0.25, 0.3) is 5.91 Å².